The molecule has 0 spiro atoms. The van der Waals surface area contributed by atoms with E-state index in [1.807, 2.05) is 0 Å². The number of phenolic OH excluding ortho intramolecular Hbond substituents is 1. The molecule has 0 fully saturated rings. The van der Waals surface area contributed by atoms with Gasteiger partial charge in [0.2, 0.25) is 0 Å². The second-order valence-corrected chi connectivity index (χ2v) is 6.01. The summed E-state index contributed by atoms with van der Waals surface area (Å²) in [6.07, 6.45) is -4.65. The quantitative estimate of drug-likeness (QED) is 0.749. The fraction of sp³-hybridized carbons (Fsp3) is 0.235. The van der Waals surface area contributed by atoms with E-state index in [0.29, 0.717) is 12.2 Å². The Morgan fingerprint density at radius 1 is 1.20 bits per heavy atom. The number of hydrogen-bond donors (Lipinski definition) is 1. The number of hydrogen-bond acceptors (Lipinski definition) is 3. The Morgan fingerprint density at radius 3 is 2.60 bits per heavy atom. The number of rotatable bonds is 1. The molecule has 0 unspecified atom stereocenters. The lowest BCUT2D eigenvalue weighted by Crippen LogP contribution is -2.21. The van der Waals surface area contributed by atoms with Crippen LogP contribution in [0.3, 0.4) is 0 Å². The number of fused-ring (bicyclic) bond motifs is 1. The molecule has 0 bridgehead atoms. The minimum atomic E-state index is -4.65. The minimum Gasteiger partial charge on any atom is -0.508 e. The summed E-state index contributed by atoms with van der Waals surface area (Å²) >= 11 is 6.07. The van der Waals surface area contributed by atoms with E-state index in [4.69, 9.17) is 11.6 Å². The van der Waals surface area contributed by atoms with Crippen LogP contribution < -0.4 is 4.90 Å². The Labute approximate surface area is 146 Å². The van der Waals surface area contributed by atoms with Crippen LogP contribution in [0.2, 0.25) is 5.02 Å². The van der Waals surface area contributed by atoms with E-state index in [-0.39, 0.29) is 29.1 Å². The lowest BCUT2D eigenvalue weighted by Gasteiger charge is -2.22. The zero-order chi connectivity index (χ0) is 18.4. The van der Waals surface area contributed by atoms with Crippen LogP contribution in [0.4, 0.5) is 23.2 Å². The highest BCUT2D eigenvalue weighted by molar-refractivity contribution is 6.37. The van der Waals surface area contributed by atoms with Crippen LogP contribution in [0, 0.1) is 5.82 Å². The summed E-state index contributed by atoms with van der Waals surface area (Å²) in [6, 6.07) is 5.50. The van der Waals surface area contributed by atoms with Gasteiger partial charge in [0.15, 0.2) is 0 Å². The van der Waals surface area contributed by atoms with Gasteiger partial charge in [-0.1, -0.05) is 11.6 Å². The van der Waals surface area contributed by atoms with E-state index in [2.05, 4.69) is 4.99 Å². The van der Waals surface area contributed by atoms with Crippen molar-refractivity contribution in [2.24, 2.45) is 4.99 Å². The predicted molar refractivity (Wildman–Crippen MR) is 88.3 cm³/mol. The van der Waals surface area contributed by atoms with Gasteiger partial charge < -0.3 is 10.0 Å². The molecule has 2 aromatic carbocycles. The molecule has 0 aliphatic carbocycles. The van der Waals surface area contributed by atoms with Gasteiger partial charge in [-0.15, -0.1) is 0 Å². The number of aromatic hydroxyl groups is 1. The van der Waals surface area contributed by atoms with Gasteiger partial charge in [-0.25, -0.2) is 4.39 Å². The number of halogens is 5. The molecule has 0 aromatic heterocycles. The highest BCUT2D eigenvalue weighted by Crippen LogP contribution is 2.41. The second-order valence-electron chi connectivity index (χ2n) is 5.64. The van der Waals surface area contributed by atoms with Crippen LogP contribution in [0.15, 0.2) is 35.3 Å². The van der Waals surface area contributed by atoms with Crippen LogP contribution in [0.5, 0.6) is 5.75 Å². The first-order valence-corrected chi connectivity index (χ1v) is 7.72. The van der Waals surface area contributed by atoms with Crippen LogP contribution in [0.25, 0.3) is 0 Å². The minimum absolute atomic E-state index is 0.000918. The maximum Gasteiger partial charge on any atom is 0.417 e. The molecule has 0 radical (unpaired) electrons. The van der Waals surface area contributed by atoms with Crippen molar-refractivity contribution >= 4 is 23.0 Å². The maximum absolute atomic E-state index is 14.3. The number of likely N-dealkylation sites (N-methyl/N-ethyl adjacent to an activating group) is 1. The summed E-state index contributed by atoms with van der Waals surface area (Å²) in [5.41, 5.74) is -0.712. The monoisotopic (exact) mass is 372 g/mol. The van der Waals surface area contributed by atoms with Crippen LogP contribution >= 0.6 is 11.6 Å². The van der Waals surface area contributed by atoms with Crippen molar-refractivity contribution in [3.8, 4) is 5.75 Å². The first-order chi connectivity index (χ1) is 11.7. The highest BCUT2D eigenvalue weighted by atomic mass is 35.5. The number of nitrogens with zero attached hydrogens (tertiary/aromatic N) is 2. The van der Waals surface area contributed by atoms with Gasteiger partial charge in [0, 0.05) is 30.4 Å². The molecule has 1 N–H and O–H groups in total. The molecule has 0 saturated carbocycles. The van der Waals surface area contributed by atoms with Gasteiger partial charge in [-0.05, 0) is 30.3 Å². The number of alkyl halides is 3. The van der Waals surface area contributed by atoms with E-state index in [9.17, 15) is 22.7 Å². The van der Waals surface area contributed by atoms with Crippen molar-refractivity contribution < 1.29 is 22.7 Å². The molecule has 2 aromatic rings. The van der Waals surface area contributed by atoms with Crippen molar-refractivity contribution in [1.29, 1.82) is 0 Å². The third-order valence-electron chi connectivity index (χ3n) is 3.98. The van der Waals surface area contributed by atoms with Crippen LogP contribution in [0.1, 0.15) is 16.7 Å². The van der Waals surface area contributed by atoms with Crippen molar-refractivity contribution in [3.05, 3.63) is 57.9 Å². The Morgan fingerprint density at radius 2 is 1.92 bits per heavy atom. The lowest BCUT2D eigenvalue weighted by atomic mass is 9.97. The molecule has 8 heteroatoms. The Bertz CT molecular complexity index is 864. The largest absolute Gasteiger partial charge is 0.508 e. The van der Waals surface area contributed by atoms with Gasteiger partial charge in [0.05, 0.1) is 22.8 Å². The van der Waals surface area contributed by atoms with E-state index < -0.39 is 22.6 Å². The zero-order valence-corrected chi connectivity index (χ0v) is 13.8. The number of phenols is 1. The van der Waals surface area contributed by atoms with Crippen LogP contribution in [-0.2, 0) is 6.18 Å². The number of aliphatic imine (C=N–C) groups is 1. The molecule has 1 aliphatic heterocycles. The summed E-state index contributed by atoms with van der Waals surface area (Å²) < 4.78 is 54.0. The smallest absolute Gasteiger partial charge is 0.417 e. The fourth-order valence-electron chi connectivity index (χ4n) is 2.75. The van der Waals surface area contributed by atoms with Gasteiger partial charge in [0.25, 0.3) is 0 Å². The summed E-state index contributed by atoms with van der Waals surface area (Å²) in [5.74, 6) is -0.929. The predicted octanol–water partition coefficient (Wildman–Crippen LogP) is 4.49. The van der Waals surface area contributed by atoms with Gasteiger partial charge >= 0.3 is 6.18 Å². The molecule has 0 saturated heterocycles. The van der Waals surface area contributed by atoms with Crippen molar-refractivity contribution in [2.75, 3.05) is 25.0 Å². The highest BCUT2D eigenvalue weighted by Gasteiger charge is 2.36. The zero-order valence-electron chi connectivity index (χ0n) is 13.0. The topological polar surface area (TPSA) is 35.8 Å². The van der Waals surface area contributed by atoms with Crippen molar-refractivity contribution in [2.45, 2.75) is 6.18 Å². The third-order valence-corrected chi connectivity index (χ3v) is 4.38. The van der Waals surface area contributed by atoms with E-state index in [0.717, 1.165) is 24.3 Å². The van der Waals surface area contributed by atoms with E-state index in [1.54, 1.807) is 11.9 Å². The Balaban J connectivity index is 2.32. The van der Waals surface area contributed by atoms with Gasteiger partial charge in [0.1, 0.15) is 11.6 Å². The molecule has 1 heterocycles. The third kappa shape index (κ3) is 3.16. The maximum atomic E-state index is 14.3. The standard InChI is InChI=1S/C17H13ClF4N2O/c1-24-7-6-23-16(10-8-9(25)2-4-12(10)19)14-13(24)5-3-11(15(14)18)17(20,21)22/h2-5,8,25H,6-7H2,1H3. The van der Waals surface area contributed by atoms with E-state index >= 15 is 0 Å². The molecule has 0 amide bonds. The van der Waals surface area contributed by atoms with E-state index in [1.165, 1.54) is 6.07 Å². The van der Waals surface area contributed by atoms with Crippen molar-refractivity contribution in [1.82, 2.24) is 0 Å². The summed E-state index contributed by atoms with van der Waals surface area (Å²) in [5, 5.41) is 9.11. The normalized spacial score (nSPS) is 14.8. The molecule has 132 valence electrons. The van der Waals surface area contributed by atoms with Crippen LogP contribution in [-0.4, -0.2) is 31.0 Å². The Hall–Kier alpha value is -2.28. The summed E-state index contributed by atoms with van der Waals surface area (Å²) in [4.78, 5) is 5.95. The first-order valence-electron chi connectivity index (χ1n) is 7.34. The number of benzene rings is 2. The molecular formula is C17H13ClF4N2O. The average Bonchev–Trinajstić information content (AvgIpc) is 2.69. The number of anilines is 1. The lowest BCUT2D eigenvalue weighted by molar-refractivity contribution is -0.137. The van der Waals surface area contributed by atoms with Gasteiger partial charge in [-0.3, -0.25) is 4.99 Å². The summed E-state index contributed by atoms with van der Waals surface area (Å²) in [7, 11) is 1.69. The second kappa shape index (κ2) is 6.22. The van der Waals surface area contributed by atoms with Crippen molar-refractivity contribution in [3.63, 3.8) is 0 Å². The average molecular weight is 373 g/mol. The molecule has 0 atom stereocenters. The Kier molecular flexibility index (Phi) is 4.36. The fourth-order valence-corrected chi connectivity index (χ4v) is 3.11. The molecule has 3 nitrogen and oxygen atoms in total. The van der Waals surface area contributed by atoms with Gasteiger partial charge in [-0.2, -0.15) is 13.2 Å². The summed E-state index contributed by atoms with van der Waals surface area (Å²) in [6.45, 7) is 0.673. The molecule has 1 aliphatic rings. The first kappa shape index (κ1) is 17.5. The SMILES string of the molecule is CN1CCN=C(c2cc(O)ccc2F)c2c1ccc(C(F)(F)F)c2Cl. The molecule has 25 heavy (non-hydrogen) atoms. The molecular weight excluding hydrogens is 360 g/mol. The number of benzodiazepines with no additional fused rings is 1. The molecule has 3 rings (SSSR count).